The van der Waals surface area contributed by atoms with Gasteiger partial charge in [-0.3, -0.25) is 9.59 Å². The van der Waals surface area contributed by atoms with Gasteiger partial charge in [-0.05, 0) is 62.8 Å². The van der Waals surface area contributed by atoms with E-state index in [1.54, 1.807) is 0 Å². The third-order valence-corrected chi connectivity index (χ3v) is 4.65. The quantitative estimate of drug-likeness (QED) is 0.865. The van der Waals surface area contributed by atoms with Crippen LogP contribution in [0.3, 0.4) is 0 Å². The van der Waals surface area contributed by atoms with Crippen molar-refractivity contribution in [2.45, 2.75) is 39.5 Å². The Kier molecular flexibility index (Phi) is 5.04. The fraction of sp³-hybridized carbons (Fsp3) is 0.500. The van der Waals surface area contributed by atoms with Gasteiger partial charge in [-0.15, -0.1) is 0 Å². The number of carboxylic acid groups (broad SMARTS) is 1. The van der Waals surface area contributed by atoms with Crippen LogP contribution in [0.1, 0.15) is 36.8 Å². The topological polar surface area (TPSA) is 66.4 Å². The highest BCUT2D eigenvalue weighted by Crippen LogP contribution is 2.31. The van der Waals surface area contributed by atoms with Gasteiger partial charge in [0.05, 0.1) is 5.92 Å². The fourth-order valence-electron chi connectivity index (χ4n) is 2.94. The number of amides is 1. The molecule has 0 aromatic heterocycles. The summed E-state index contributed by atoms with van der Waals surface area (Å²) >= 11 is 3.44. The molecule has 0 heterocycles. The Bertz CT molecular complexity index is 540. The molecular formula is C16H20BrNO3. The Balaban J connectivity index is 2.01. The number of hydrogen-bond acceptors (Lipinski definition) is 2. The summed E-state index contributed by atoms with van der Waals surface area (Å²) in [6.07, 6.45) is 2.48. The van der Waals surface area contributed by atoms with E-state index >= 15 is 0 Å². The molecule has 1 saturated carbocycles. The van der Waals surface area contributed by atoms with Gasteiger partial charge in [0.15, 0.2) is 0 Å². The number of halogens is 1. The van der Waals surface area contributed by atoms with Crippen LogP contribution >= 0.6 is 15.9 Å². The minimum absolute atomic E-state index is 0.00682. The largest absolute Gasteiger partial charge is 0.481 e. The Labute approximate surface area is 133 Å². The van der Waals surface area contributed by atoms with Gasteiger partial charge in [0, 0.05) is 16.1 Å². The fourth-order valence-corrected chi connectivity index (χ4v) is 3.62. The minimum Gasteiger partial charge on any atom is -0.481 e. The summed E-state index contributed by atoms with van der Waals surface area (Å²) in [5, 5.41) is 12.0. The number of nitrogens with one attached hydrogen (secondary N) is 1. The van der Waals surface area contributed by atoms with Crippen molar-refractivity contribution in [2.24, 2.45) is 11.8 Å². The summed E-state index contributed by atoms with van der Waals surface area (Å²) in [4.78, 5) is 23.3. The van der Waals surface area contributed by atoms with Crippen LogP contribution in [-0.2, 0) is 9.59 Å². The lowest BCUT2D eigenvalue weighted by Gasteiger charge is -2.25. The van der Waals surface area contributed by atoms with Gasteiger partial charge in [-0.2, -0.15) is 0 Å². The monoisotopic (exact) mass is 353 g/mol. The molecule has 1 aromatic carbocycles. The molecule has 5 heteroatoms. The van der Waals surface area contributed by atoms with Crippen LogP contribution in [0.5, 0.6) is 0 Å². The molecule has 1 amide bonds. The van der Waals surface area contributed by atoms with E-state index in [1.807, 2.05) is 26.0 Å². The third-order valence-electron chi connectivity index (χ3n) is 4.19. The van der Waals surface area contributed by atoms with Crippen LogP contribution in [0.2, 0.25) is 0 Å². The van der Waals surface area contributed by atoms with E-state index in [-0.39, 0.29) is 17.7 Å². The molecule has 0 saturated heterocycles. The van der Waals surface area contributed by atoms with Gasteiger partial charge < -0.3 is 10.4 Å². The van der Waals surface area contributed by atoms with E-state index in [4.69, 9.17) is 5.11 Å². The van der Waals surface area contributed by atoms with Crippen molar-refractivity contribution in [3.63, 3.8) is 0 Å². The zero-order chi connectivity index (χ0) is 15.6. The molecule has 0 bridgehead atoms. The molecule has 21 heavy (non-hydrogen) atoms. The predicted molar refractivity (Wildman–Crippen MR) is 85.3 cm³/mol. The van der Waals surface area contributed by atoms with E-state index in [9.17, 15) is 9.59 Å². The number of hydrogen-bond donors (Lipinski definition) is 2. The van der Waals surface area contributed by atoms with Gasteiger partial charge in [0.2, 0.25) is 5.91 Å². The summed E-state index contributed by atoms with van der Waals surface area (Å²) < 4.78 is 0.998. The normalized spacial score (nSPS) is 21.9. The van der Waals surface area contributed by atoms with Gasteiger partial charge in [-0.1, -0.05) is 15.9 Å². The average Bonchev–Trinajstić information content (AvgIpc) is 2.42. The van der Waals surface area contributed by atoms with E-state index in [0.717, 1.165) is 21.3 Å². The van der Waals surface area contributed by atoms with E-state index < -0.39 is 5.97 Å². The molecule has 0 spiro atoms. The van der Waals surface area contributed by atoms with Crippen LogP contribution in [0, 0.1) is 25.7 Å². The van der Waals surface area contributed by atoms with E-state index in [1.165, 1.54) is 0 Å². The molecule has 2 rings (SSSR count). The van der Waals surface area contributed by atoms with Crippen molar-refractivity contribution in [3.05, 3.63) is 27.7 Å². The molecule has 4 nitrogen and oxygen atoms in total. The van der Waals surface area contributed by atoms with Crippen molar-refractivity contribution in [1.29, 1.82) is 0 Å². The minimum atomic E-state index is -0.742. The maximum absolute atomic E-state index is 12.4. The average molecular weight is 354 g/mol. The lowest BCUT2D eigenvalue weighted by Crippen LogP contribution is -2.29. The number of anilines is 1. The first-order valence-electron chi connectivity index (χ1n) is 7.19. The predicted octanol–water partition coefficient (Wildman–Crippen LogP) is 3.90. The standard InChI is InChI=1S/C16H20BrNO3/c1-9-7-13(17)8-10(2)14(9)18-15(19)11-3-5-12(6-4-11)16(20)21/h7-8,11-12H,3-6H2,1-2H3,(H,18,19)(H,20,21). The summed E-state index contributed by atoms with van der Waals surface area (Å²) in [5.41, 5.74) is 2.91. The number of aliphatic carboxylic acids is 1. The number of benzene rings is 1. The number of carbonyl (C=O) groups excluding carboxylic acids is 1. The second kappa shape index (κ2) is 6.60. The second-order valence-corrected chi connectivity index (χ2v) is 6.71. The molecular weight excluding hydrogens is 334 g/mol. The number of carbonyl (C=O) groups is 2. The summed E-state index contributed by atoms with van der Waals surface area (Å²) in [5.74, 6) is -1.10. The van der Waals surface area contributed by atoms with Crippen LogP contribution in [0.25, 0.3) is 0 Å². The highest BCUT2D eigenvalue weighted by molar-refractivity contribution is 9.10. The number of carboxylic acids is 1. The molecule has 114 valence electrons. The molecule has 0 aliphatic heterocycles. The SMILES string of the molecule is Cc1cc(Br)cc(C)c1NC(=O)C1CCC(C(=O)O)CC1. The highest BCUT2D eigenvalue weighted by Gasteiger charge is 2.30. The van der Waals surface area contributed by atoms with Crippen molar-refractivity contribution in [1.82, 2.24) is 0 Å². The van der Waals surface area contributed by atoms with Crippen LogP contribution in [-0.4, -0.2) is 17.0 Å². The van der Waals surface area contributed by atoms with E-state index in [2.05, 4.69) is 21.2 Å². The van der Waals surface area contributed by atoms with Crippen molar-refractivity contribution >= 4 is 33.5 Å². The van der Waals surface area contributed by atoms with Crippen molar-refractivity contribution < 1.29 is 14.7 Å². The van der Waals surface area contributed by atoms with Gasteiger partial charge in [0.25, 0.3) is 0 Å². The second-order valence-electron chi connectivity index (χ2n) is 5.79. The molecule has 0 unspecified atom stereocenters. The van der Waals surface area contributed by atoms with Gasteiger partial charge in [-0.25, -0.2) is 0 Å². The van der Waals surface area contributed by atoms with Gasteiger partial charge >= 0.3 is 5.97 Å². The van der Waals surface area contributed by atoms with E-state index in [0.29, 0.717) is 25.7 Å². The molecule has 1 aliphatic rings. The summed E-state index contributed by atoms with van der Waals surface area (Å²) in [6.45, 7) is 3.93. The molecule has 2 N–H and O–H groups in total. The van der Waals surface area contributed by atoms with Crippen LogP contribution in [0.4, 0.5) is 5.69 Å². The Morgan fingerprint density at radius 2 is 1.57 bits per heavy atom. The van der Waals surface area contributed by atoms with Crippen molar-refractivity contribution in [2.75, 3.05) is 5.32 Å². The zero-order valence-electron chi connectivity index (χ0n) is 12.3. The maximum Gasteiger partial charge on any atom is 0.306 e. The Morgan fingerprint density at radius 1 is 1.10 bits per heavy atom. The smallest absolute Gasteiger partial charge is 0.306 e. The zero-order valence-corrected chi connectivity index (χ0v) is 13.9. The molecule has 0 atom stereocenters. The molecule has 1 aliphatic carbocycles. The van der Waals surface area contributed by atoms with Crippen LogP contribution < -0.4 is 5.32 Å². The Hall–Kier alpha value is -1.36. The first-order valence-corrected chi connectivity index (χ1v) is 7.98. The first kappa shape index (κ1) is 16.0. The molecule has 1 aromatic rings. The third kappa shape index (κ3) is 3.84. The number of rotatable bonds is 3. The Morgan fingerprint density at radius 3 is 2.05 bits per heavy atom. The first-order chi connectivity index (χ1) is 9.88. The lowest BCUT2D eigenvalue weighted by molar-refractivity contribution is -0.143. The number of aryl methyl sites for hydroxylation is 2. The maximum atomic E-state index is 12.4. The molecule has 0 radical (unpaired) electrons. The highest BCUT2D eigenvalue weighted by atomic mass is 79.9. The summed E-state index contributed by atoms with van der Waals surface area (Å²) in [7, 11) is 0. The van der Waals surface area contributed by atoms with Gasteiger partial charge in [0.1, 0.15) is 0 Å². The summed E-state index contributed by atoms with van der Waals surface area (Å²) in [6, 6.07) is 3.95. The van der Waals surface area contributed by atoms with Crippen LogP contribution in [0.15, 0.2) is 16.6 Å². The molecule has 1 fully saturated rings. The lowest BCUT2D eigenvalue weighted by atomic mass is 9.81. The van der Waals surface area contributed by atoms with Crippen molar-refractivity contribution in [3.8, 4) is 0 Å².